The second kappa shape index (κ2) is 13.6. The monoisotopic (exact) mass is 568 g/mol. The average Bonchev–Trinajstić information content (AvgIpc) is 3.46. The molecule has 2 aromatic carbocycles. The van der Waals surface area contributed by atoms with E-state index in [1.807, 2.05) is 54.6 Å². The van der Waals surface area contributed by atoms with Gasteiger partial charge in [0.2, 0.25) is 0 Å². The second-order valence-corrected chi connectivity index (χ2v) is 12.1. The molecule has 0 aliphatic carbocycles. The van der Waals surface area contributed by atoms with Gasteiger partial charge in [0, 0.05) is 44.3 Å². The first-order valence-corrected chi connectivity index (χ1v) is 15.6. The number of ether oxygens (including phenoxy) is 1. The van der Waals surface area contributed by atoms with E-state index in [2.05, 4.69) is 30.4 Å². The SMILES string of the molecule is N=C(c1ccc(Oc2ccccc2)cc1)c1c(N)ncnc1NC1CCN(CC2CCN(CC3CCNCC3)C2)CC1. The van der Waals surface area contributed by atoms with Crippen molar-refractivity contribution in [2.24, 2.45) is 11.8 Å². The predicted octanol–water partition coefficient (Wildman–Crippen LogP) is 4.47. The number of likely N-dealkylation sites (tertiary alicyclic amines) is 2. The molecule has 9 heteroatoms. The Balaban J connectivity index is 1.01. The van der Waals surface area contributed by atoms with Gasteiger partial charge in [-0.2, -0.15) is 0 Å². The molecular formula is C33H44N8O. The highest BCUT2D eigenvalue weighted by Crippen LogP contribution is 2.28. The van der Waals surface area contributed by atoms with Crippen LogP contribution in [0, 0.1) is 17.2 Å². The van der Waals surface area contributed by atoms with Crippen LogP contribution in [-0.4, -0.2) is 83.9 Å². The number of rotatable bonds is 10. The van der Waals surface area contributed by atoms with Crippen molar-refractivity contribution in [3.8, 4) is 11.5 Å². The summed E-state index contributed by atoms with van der Waals surface area (Å²) in [5.41, 5.74) is 7.90. The lowest BCUT2D eigenvalue weighted by Gasteiger charge is -2.34. The van der Waals surface area contributed by atoms with Crippen LogP contribution in [0.4, 0.5) is 11.6 Å². The molecule has 3 aromatic rings. The van der Waals surface area contributed by atoms with Gasteiger partial charge in [0.1, 0.15) is 29.5 Å². The number of hydrogen-bond donors (Lipinski definition) is 4. The number of nitrogen functional groups attached to an aromatic ring is 1. The van der Waals surface area contributed by atoms with Gasteiger partial charge in [-0.25, -0.2) is 9.97 Å². The van der Waals surface area contributed by atoms with Crippen molar-refractivity contribution >= 4 is 17.3 Å². The summed E-state index contributed by atoms with van der Waals surface area (Å²) in [4.78, 5) is 14.1. The fourth-order valence-electron chi connectivity index (χ4n) is 6.69. The molecule has 0 amide bonds. The number of nitrogens with zero attached hydrogens (tertiary/aromatic N) is 4. The quantitative estimate of drug-likeness (QED) is 0.265. The zero-order chi connectivity index (χ0) is 28.7. The smallest absolute Gasteiger partial charge is 0.141 e. The molecule has 0 radical (unpaired) electrons. The molecule has 0 spiro atoms. The lowest BCUT2D eigenvalue weighted by molar-refractivity contribution is 0.181. The van der Waals surface area contributed by atoms with Gasteiger partial charge in [-0.3, -0.25) is 5.41 Å². The molecule has 1 atom stereocenters. The van der Waals surface area contributed by atoms with Crippen molar-refractivity contribution < 1.29 is 4.74 Å². The highest BCUT2D eigenvalue weighted by molar-refractivity contribution is 6.16. The van der Waals surface area contributed by atoms with E-state index < -0.39 is 0 Å². The number of nitrogens with two attached hydrogens (primary N) is 1. The minimum absolute atomic E-state index is 0.295. The lowest BCUT2D eigenvalue weighted by atomic mass is 9.97. The molecular weight excluding hydrogens is 524 g/mol. The van der Waals surface area contributed by atoms with Crippen molar-refractivity contribution in [2.75, 3.05) is 63.4 Å². The molecule has 3 aliphatic heterocycles. The Labute approximate surface area is 249 Å². The van der Waals surface area contributed by atoms with Crippen LogP contribution in [0.3, 0.4) is 0 Å². The molecule has 222 valence electrons. The number of piperidine rings is 2. The van der Waals surface area contributed by atoms with Crippen LogP contribution < -0.4 is 21.1 Å². The molecule has 0 saturated carbocycles. The number of nitrogens with one attached hydrogen (secondary N) is 3. The summed E-state index contributed by atoms with van der Waals surface area (Å²) in [5, 5.41) is 16.1. The van der Waals surface area contributed by atoms with Crippen molar-refractivity contribution in [3.63, 3.8) is 0 Å². The van der Waals surface area contributed by atoms with Crippen molar-refractivity contribution in [1.82, 2.24) is 25.1 Å². The Kier molecular flexibility index (Phi) is 9.28. The van der Waals surface area contributed by atoms with Crippen LogP contribution in [0.5, 0.6) is 11.5 Å². The maximum atomic E-state index is 8.96. The third-order valence-corrected chi connectivity index (χ3v) is 9.04. The van der Waals surface area contributed by atoms with Crippen molar-refractivity contribution in [3.05, 3.63) is 72.1 Å². The lowest BCUT2D eigenvalue weighted by Crippen LogP contribution is -2.42. The summed E-state index contributed by atoms with van der Waals surface area (Å²) in [5.74, 6) is 4.11. The minimum Gasteiger partial charge on any atom is -0.457 e. The van der Waals surface area contributed by atoms with Crippen LogP contribution >= 0.6 is 0 Å². The third-order valence-electron chi connectivity index (χ3n) is 9.04. The van der Waals surface area contributed by atoms with Gasteiger partial charge in [0.25, 0.3) is 0 Å². The molecule has 42 heavy (non-hydrogen) atoms. The van der Waals surface area contributed by atoms with Crippen LogP contribution in [0.15, 0.2) is 60.9 Å². The van der Waals surface area contributed by atoms with E-state index in [4.69, 9.17) is 15.9 Å². The van der Waals surface area contributed by atoms with E-state index in [0.29, 0.717) is 34.7 Å². The number of hydrogen-bond acceptors (Lipinski definition) is 9. The Morgan fingerprint density at radius 2 is 1.55 bits per heavy atom. The normalized spacial score (nSPS) is 20.9. The topological polar surface area (TPSA) is 115 Å². The van der Waals surface area contributed by atoms with E-state index in [9.17, 15) is 0 Å². The van der Waals surface area contributed by atoms with Gasteiger partial charge < -0.3 is 30.9 Å². The van der Waals surface area contributed by atoms with Gasteiger partial charge in [0.05, 0.1) is 11.3 Å². The number of anilines is 2. The Morgan fingerprint density at radius 3 is 2.31 bits per heavy atom. The maximum Gasteiger partial charge on any atom is 0.141 e. The largest absolute Gasteiger partial charge is 0.457 e. The van der Waals surface area contributed by atoms with Crippen molar-refractivity contribution in [2.45, 2.75) is 38.1 Å². The van der Waals surface area contributed by atoms with Gasteiger partial charge in [-0.1, -0.05) is 18.2 Å². The fraction of sp³-hybridized carbons (Fsp3) is 0.485. The molecule has 6 rings (SSSR count). The van der Waals surface area contributed by atoms with Crippen LogP contribution in [0.2, 0.25) is 0 Å². The number of aromatic nitrogens is 2. The molecule has 3 fully saturated rings. The maximum absolute atomic E-state index is 8.96. The standard InChI is InChI=1S/C33H44N8O/c34-31(26-6-8-29(9-7-26)42-28-4-2-1-3-5-28)30-32(35)37-23-38-33(30)39-27-13-18-40(19-14-27)21-25-12-17-41(22-25)20-24-10-15-36-16-11-24/h1-9,23-25,27,34,36H,10-22H2,(H3,35,37,38,39). The van der Waals surface area contributed by atoms with E-state index in [-0.39, 0.29) is 0 Å². The zero-order valence-corrected chi connectivity index (χ0v) is 24.5. The number of para-hydroxylation sites is 1. The molecule has 1 aromatic heterocycles. The molecule has 5 N–H and O–H groups in total. The molecule has 0 bridgehead atoms. The Bertz CT molecular complexity index is 1300. The predicted molar refractivity (Wildman–Crippen MR) is 169 cm³/mol. The van der Waals surface area contributed by atoms with Crippen LogP contribution in [0.1, 0.15) is 43.2 Å². The number of benzene rings is 2. The fourth-order valence-corrected chi connectivity index (χ4v) is 6.69. The highest BCUT2D eigenvalue weighted by atomic mass is 16.5. The first kappa shape index (κ1) is 28.6. The van der Waals surface area contributed by atoms with E-state index in [1.165, 1.54) is 64.9 Å². The summed E-state index contributed by atoms with van der Waals surface area (Å²) in [6, 6.07) is 17.5. The molecule has 4 heterocycles. The molecule has 3 aliphatic rings. The minimum atomic E-state index is 0.295. The van der Waals surface area contributed by atoms with Gasteiger partial charge in [-0.15, -0.1) is 0 Å². The average molecular weight is 569 g/mol. The molecule has 9 nitrogen and oxygen atoms in total. The first-order valence-electron chi connectivity index (χ1n) is 15.6. The van der Waals surface area contributed by atoms with Crippen LogP contribution in [-0.2, 0) is 0 Å². The summed E-state index contributed by atoms with van der Waals surface area (Å²) in [6.45, 7) is 9.55. The third kappa shape index (κ3) is 7.27. The highest BCUT2D eigenvalue weighted by Gasteiger charge is 2.29. The van der Waals surface area contributed by atoms with Crippen molar-refractivity contribution in [1.29, 1.82) is 5.41 Å². The zero-order valence-electron chi connectivity index (χ0n) is 24.5. The van der Waals surface area contributed by atoms with E-state index in [0.717, 1.165) is 49.1 Å². The van der Waals surface area contributed by atoms with Crippen LogP contribution in [0.25, 0.3) is 0 Å². The van der Waals surface area contributed by atoms with E-state index >= 15 is 0 Å². The van der Waals surface area contributed by atoms with Gasteiger partial charge in [-0.05, 0) is 100.0 Å². The summed E-state index contributed by atoms with van der Waals surface area (Å²) in [7, 11) is 0. The van der Waals surface area contributed by atoms with Gasteiger partial charge in [0.15, 0.2) is 0 Å². The summed E-state index contributed by atoms with van der Waals surface area (Å²) in [6.07, 6.45) is 7.57. The Morgan fingerprint density at radius 1 is 0.857 bits per heavy atom. The van der Waals surface area contributed by atoms with E-state index in [1.54, 1.807) is 0 Å². The van der Waals surface area contributed by atoms with Gasteiger partial charge >= 0.3 is 0 Å². The molecule has 3 saturated heterocycles. The summed E-state index contributed by atoms with van der Waals surface area (Å²) < 4.78 is 5.91. The first-order chi connectivity index (χ1) is 20.6. The summed E-state index contributed by atoms with van der Waals surface area (Å²) >= 11 is 0. The second-order valence-electron chi connectivity index (χ2n) is 12.1. The molecule has 1 unspecified atom stereocenters. The Hall–Kier alpha value is -3.53.